The van der Waals surface area contributed by atoms with Gasteiger partial charge in [0.2, 0.25) is 5.91 Å². The number of benzene rings is 1. The topological polar surface area (TPSA) is 67.6 Å². The number of anilines is 2. The second-order valence-corrected chi connectivity index (χ2v) is 5.68. The average molecular weight is 291 g/mol. The molecule has 0 heterocycles. The van der Waals surface area contributed by atoms with Crippen molar-refractivity contribution in [3.8, 4) is 5.75 Å². The van der Waals surface area contributed by atoms with E-state index in [1.54, 1.807) is 25.3 Å². The van der Waals surface area contributed by atoms with Crippen molar-refractivity contribution in [2.24, 2.45) is 0 Å². The van der Waals surface area contributed by atoms with Gasteiger partial charge in [0.25, 0.3) is 0 Å². The van der Waals surface area contributed by atoms with E-state index in [-0.39, 0.29) is 5.91 Å². The highest BCUT2D eigenvalue weighted by Gasteiger charge is 2.21. The fraction of sp³-hybridized carbons (Fsp3) is 0.562. The highest BCUT2D eigenvalue weighted by Crippen LogP contribution is 2.27. The first-order valence-corrected chi connectivity index (χ1v) is 7.53. The van der Waals surface area contributed by atoms with Crippen LogP contribution in [0.25, 0.3) is 0 Å². The maximum atomic E-state index is 12.0. The summed E-state index contributed by atoms with van der Waals surface area (Å²) >= 11 is 0. The summed E-state index contributed by atoms with van der Waals surface area (Å²) in [6, 6.07) is 5.95. The molecule has 0 bridgehead atoms. The van der Waals surface area contributed by atoms with E-state index < -0.39 is 0 Å². The van der Waals surface area contributed by atoms with Crippen molar-refractivity contribution in [3.05, 3.63) is 18.2 Å². The van der Waals surface area contributed by atoms with Gasteiger partial charge in [0.05, 0.1) is 12.8 Å². The number of nitrogens with two attached hydrogens (primary N) is 1. The van der Waals surface area contributed by atoms with E-state index in [1.165, 1.54) is 19.3 Å². The van der Waals surface area contributed by atoms with Crippen LogP contribution < -0.4 is 15.8 Å². The molecule has 1 aromatic carbocycles. The van der Waals surface area contributed by atoms with Gasteiger partial charge in [-0.1, -0.05) is 6.42 Å². The molecule has 21 heavy (non-hydrogen) atoms. The third-order valence-corrected chi connectivity index (χ3v) is 4.11. The summed E-state index contributed by atoms with van der Waals surface area (Å²) in [6.45, 7) is 0.964. The predicted molar refractivity (Wildman–Crippen MR) is 85.5 cm³/mol. The number of nitrogens with zero attached hydrogens (tertiary/aromatic N) is 1. The van der Waals surface area contributed by atoms with Crippen molar-refractivity contribution < 1.29 is 9.53 Å². The SMILES string of the molecule is COc1ccc(N)cc1NC(=O)CCCN(C)C1CCC1. The van der Waals surface area contributed by atoms with Crippen LogP contribution in [0, 0.1) is 0 Å². The summed E-state index contributed by atoms with van der Waals surface area (Å²) in [5.74, 6) is 0.630. The number of carbonyl (C=O) groups excluding carboxylic acids is 1. The van der Waals surface area contributed by atoms with E-state index in [4.69, 9.17) is 10.5 Å². The number of ether oxygens (including phenoxy) is 1. The number of hydrogen-bond acceptors (Lipinski definition) is 4. The maximum Gasteiger partial charge on any atom is 0.224 e. The van der Waals surface area contributed by atoms with Crippen LogP contribution in [0.1, 0.15) is 32.1 Å². The Morgan fingerprint density at radius 3 is 2.86 bits per heavy atom. The van der Waals surface area contributed by atoms with E-state index in [0.717, 1.165) is 19.0 Å². The zero-order valence-corrected chi connectivity index (χ0v) is 12.9. The number of carbonyl (C=O) groups is 1. The minimum atomic E-state index is 0.000842. The van der Waals surface area contributed by atoms with Crippen LogP contribution in [-0.4, -0.2) is 37.6 Å². The summed E-state index contributed by atoms with van der Waals surface area (Å²) in [6.07, 6.45) is 5.30. The van der Waals surface area contributed by atoms with Gasteiger partial charge in [-0.25, -0.2) is 0 Å². The summed E-state index contributed by atoms with van der Waals surface area (Å²) in [7, 11) is 3.72. The van der Waals surface area contributed by atoms with Crippen LogP contribution in [0.15, 0.2) is 18.2 Å². The zero-order chi connectivity index (χ0) is 15.2. The van der Waals surface area contributed by atoms with Gasteiger partial charge in [0, 0.05) is 18.2 Å². The Morgan fingerprint density at radius 2 is 2.24 bits per heavy atom. The van der Waals surface area contributed by atoms with Gasteiger partial charge in [-0.15, -0.1) is 0 Å². The number of amides is 1. The lowest BCUT2D eigenvalue weighted by Gasteiger charge is -2.34. The average Bonchev–Trinajstić information content (AvgIpc) is 2.36. The van der Waals surface area contributed by atoms with Crippen LogP contribution in [0.4, 0.5) is 11.4 Å². The summed E-state index contributed by atoms with van der Waals surface area (Å²) < 4.78 is 5.22. The standard InChI is InChI=1S/C16H25N3O2/c1-19(13-5-3-6-13)10-4-7-16(20)18-14-11-12(17)8-9-15(14)21-2/h8-9,11,13H,3-7,10,17H2,1-2H3,(H,18,20). The molecule has 0 aromatic heterocycles. The van der Waals surface area contributed by atoms with Gasteiger partial charge in [-0.2, -0.15) is 0 Å². The number of rotatable bonds is 7. The van der Waals surface area contributed by atoms with E-state index in [0.29, 0.717) is 23.5 Å². The molecule has 1 aliphatic rings. The van der Waals surface area contributed by atoms with Crippen molar-refractivity contribution >= 4 is 17.3 Å². The molecule has 0 spiro atoms. The molecular weight excluding hydrogens is 266 g/mol. The first-order valence-electron chi connectivity index (χ1n) is 7.53. The highest BCUT2D eigenvalue weighted by atomic mass is 16.5. The molecule has 2 rings (SSSR count). The van der Waals surface area contributed by atoms with Crippen molar-refractivity contribution in [1.82, 2.24) is 4.90 Å². The van der Waals surface area contributed by atoms with Crippen molar-refractivity contribution in [2.75, 3.05) is 31.8 Å². The van der Waals surface area contributed by atoms with Crippen LogP contribution in [0.3, 0.4) is 0 Å². The molecule has 0 aliphatic heterocycles. The lowest BCUT2D eigenvalue weighted by atomic mass is 9.92. The first-order chi connectivity index (χ1) is 10.1. The molecule has 1 amide bonds. The Morgan fingerprint density at radius 1 is 1.48 bits per heavy atom. The molecule has 3 N–H and O–H groups in total. The molecule has 1 fully saturated rings. The fourth-order valence-electron chi connectivity index (χ4n) is 2.54. The largest absolute Gasteiger partial charge is 0.495 e. The number of methoxy groups -OCH3 is 1. The molecule has 0 unspecified atom stereocenters. The van der Waals surface area contributed by atoms with Crippen molar-refractivity contribution in [3.63, 3.8) is 0 Å². The minimum Gasteiger partial charge on any atom is -0.495 e. The molecule has 5 heteroatoms. The zero-order valence-electron chi connectivity index (χ0n) is 12.9. The summed E-state index contributed by atoms with van der Waals surface area (Å²) in [5.41, 5.74) is 6.98. The van der Waals surface area contributed by atoms with Crippen molar-refractivity contribution in [1.29, 1.82) is 0 Å². The molecular formula is C16H25N3O2. The monoisotopic (exact) mass is 291 g/mol. The fourth-order valence-corrected chi connectivity index (χ4v) is 2.54. The van der Waals surface area contributed by atoms with Crippen molar-refractivity contribution in [2.45, 2.75) is 38.1 Å². The molecule has 116 valence electrons. The van der Waals surface area contributed by atoms with Gasteiger partial charge < -0.3 is 20.7 Å². The van der Waals surface area contributed by atoms with Gasteiger partial charge >= 0.3 is 0 Å². The number of nitrogens with one attached hydrogen (secondary N) is 1. The molecule has 1 aliphatic carbocycles. The highest BCUT2D eigenvalue weighted by molar-refractivity contribution is 5.92. The summed E-state index contributed by atoms with van der Waals surface area (Å²) in [4.78, 5) is 14.4. The molecule has 1 aromatic rings. The predicted octanol–water partition coefficient (Wildman–Crippen LogP) is 2.48. The van der Waals surface area contributed by atoms with E-state index in [9.17, 15) is 4.79 Å². The lowest BCUT2D eigenvalue weighted by molar-refractivity contribution is -0.116. The Labute approximate surface area is 126 Å². The number of hydrogen-bond donors (Lipinski definition) is 2. The quantitative estimate of drug-likeness (QED) is 0.757. The van der Waals surface area contributed by atoms with E-state index in [1.807, 2.05) is 0 Å². The first kappa shape index (κ1) is 15.6. The smallest absolute Gasteiger partial charge is 0.224 e. The van der Waals surface area contributed by atoms with E-state index >= 15 is 0 Å². The molecule has 0 radical (unpaired) electrons. The Kier molecular flexibility index (Phi) is 5.44. The second kappa shape index (κ2) is 7.31. The van der Waals surface area contributed by atoms with Crippen LogP contribution >= 0.6 is 0 Å². The number of nitrogen functional groups attached to an aromatic ring is 1. The Hall–Kier alpha value is -1.75. The van der Waals surface area contributed by atoms with Crippen LogP contribution in [0.2, 0.25) is 0 Å². The van der Waals surface area contributed by atoms with Gasteiger partial charge in [0.1, 0.15) is 5.75 Å². The molecule has 0 saturated heterocycles. The Balaban J connectivity index is 1.77. The third-order valence-electron chi connectivity index (χ3n) is 4.11. The van der Waals surface area contributed by atoms with Crippen LogP contribution in [-0.2, 0) is 4.79 Å². The maximum absolute atomic E-state index is 12.0. The molecule has 0 atom stereocenters. The van der Waals surface area contributed by atoms with Gasteiger partial charge in [0.15, 0.2) is 0 Å². The van der Waals surface area contributed by atoms with E-state index in [2.05, 4.69) is 17.3 Å². The van der Waals surface area contributed by atoms with Gasteiger partial charge in [-0.05, 0) is 51.1 Å². The molecule has 5 nitrogen and oxygen atoms in total. The third kappa shape index (κ3) is 4.36. The second-order valence-electron chi connectivity index (χ2n) is 5.68. The normalized spacial score (nSPS) is 14.8. The van der Waals surface area contributed by atoms with Crippen LogP contribution in [0.5, 0.6) is 5.75 Å². The van der Waals surface area contributed by atoms with Gasteiger partial charge in [-0.3, -0.25) is 4.79 Å². The molecule has 1 saturated carbocycles. The Bertz CT molecular complexity index is 486. The summed E-state index contributed by atoms with van der Waals surface area (Å²) in [5, 5.41) is 2.87. The minimum absolute atomic E-state index is 0.000842. The lowest BCUT2D eigenvalue weighted by Crippen LogP contribution is -2.37.